The molecule has 2 aromatic rings. The van der Waals surface area contributed by atoms with Crippen LogP contribution in [0.4, 0.5) is 20.2 Å². The molecular weight excluding hydrogens is 404 g/mol. The van der Waals surface area contributed by atoms with Gasteiger partial charge in [0.05, 0.1) is 11.4 Å². The largest absolute Gasteiger partial charge is 0.488 e. The van der Waals surface area contributed by atoms with Crippen molar-refractivity contribution in [2.24, 2.45) is 11.0 Å². The molecule has 2 amide bonds. The Morgan fingerprint density at radius 1 is 1.10 bits per heavy atom. The van der Waals surface area contributed by atoms with Crippen LogP contribution >= 0.6 is 0 Å². The van der Waals surface area contributed by atoms with E-state index in [9.17, 15) is 18.4 Å². The van der Waals surface area contributed by atoms with Crippen molar-refractivity contribution < 1.29 is 23.1 Å². The van der Waals surface area contributed by atoms with Crippen LogP contribution in [0.25, 0.3) is 0 Å². The lowest BCUT2D eigenvalue weighted by molar-refractivity contribution is -0.127. The van der Waals surface area contributed by atoms with Gasteiger partial charge in [0.15, 0.2) is 5.92 Å². The van der Waals surface area contributed by atoms with E-state index in [1.807, 2.05) is 20.8 Å². The van der Waals surface area contributed by atoms with Crippen LogP contribution < -0.4 is 15.1 Å². The minimum Gasteiger partial charge on any atom is -0.488 e. The smallest absolute Gasteiger partial charge is 0.270 e. The number of alkyl halides is 2. The van der Waals surface area contributed by atoms with Gasteiger partial charge in [-0.15, -0.1) is 0 Å². The van der Waals surface area contributed by atoms with Gasteiger partial charge in [0, 0.05) is 18.2 Å². The summed E-state index contributed by atoms with van der Waals surface area (Å²) in [6.07, 6.45) is 0. The molecular formula is C23H25F2N3O3. The van der Waals surface area contributed by atoms with Gasteiger partial charge in [-0.25, -0.2) is 8.78 Å². The number of amides is 2. The zero-order valence-electron chi connectivity index (χ0n) is 18.1. The summed E-state index contributed by atoms with van der Waals surface area (Å²) in [7, 11) is 0. The normalized spacial score (nSPS) is 16.9. The molecule has 0 spiro atoms. The molecule has 1 atom stereocenters. The first-order valence-electron chi connectivity index (χ1n) is 9.82. The van der Waals surface area contributed by atoms with Gasteiger partial charge in [-0.3, -0.25) is 9.59 Å². The number of hydrogen-bond donors (Lipinski definition) is 1. The minimum atomic E-state index is -3.04. The highest BCUT2D eigenvalue weighted by Crippen LogP contribution is 2.30. The molecule has 6 nitrogen and oxygen atoms in total. The molecule has 1 aliphatic rings. The minimum absolute atomic E-state index is 0.187. The number of rotatable bonds is 5. The number of benzene rings is 2. The maximum atomic E-state index is 13.6. The van der Waals surface area contributed by atoms with Crippen LogP contribution in [0.15, 0.2) is 53.6 Å². The molecule has 0 fully saturated rings. The van der Waals surface area contributed by atoms with Crippen molar-refractivity contribution in [1.82, 2.24) is 0 Å². The second-order valence-electron chi connectivity index (χ2n) is 8.49. The summed E-state index contributed by atoms with van der Waals surface area (Å²) < 4.78 is 32.9. The van der Waals surface area contributed by atoms with Crippen molar-refractivity contribution in [3.05, 3.63) is 54.1 Å². The number of ether oxygens (including phenoxy) is 1. The number of nitrogens with one attached hydrogen (secondary N) is 1. The molecule has 0 aromatic heterocycles. The molecule has 0 saturated heterocycles. The van der Waals surface area contributed by atoms with E-state index in [1.54, 1.807) is 31.2 Å². The average molecular weight is 429 g/mol. The summed E-state index contributed by atoms with van der Waals surface area (Å²) >= 11 is 0. The number of carbonyl (C=O) groups is 2. The lowest BCUT2D eigenvalue weighted by Gasteiger charge is -2.22. The van der Waals surface area contributed by atoms with Gasteiger partial charge in [0.25, 0.3) is 11.8 Å². The Hall–Kier alpha value is -3.29. The molecule has 0 bridgehead atoms. The van der Waals surface area contributed by atoms with Gasteiger partial charge in [0.2, 0.25) is 5.91 Å². The van der Waals surface area contributed by atoms with Gasteiger partial charge >= 0.3 is 0 Å². The van der Waals surface area contributed by atoms with E-state index < -0.39 is 23.7 Å². The van der Waals surface area contributed by atoms with Crippen molar-refractivity contribution in [1.29, 1.82) is 0 Å². The molecule has 31 heavy (non-hydrogen) atoms. The molecule has 2 aromatic carbocycles. The fourth-order valence-electron chi connectivity index (χ4n) is 3.15. The van der Waals surface area contributed by atoms with Crippen LogP contribution in [0.5, 0.6) is 5.75 Å². The summed E-state index contributed by atoms with van der Waals surface area (Å²) in [5.74, 6) is -4.68. The van der Waals surface area contributed by atoms with E-state index in [4.69, 9.17) is 4.74 Å². The molecule has 0 radical (unpaired) electrons. The molecule has 1 aliphatic heterocycles. The van der Waals surface area contributed by atoms with Crippen LogP contribution in [0.2, 0.25) is 0 Å². The molecule has 0 saturated carbocycles. The summed E-state index contributed by atoms with van der Waals surface area (Å²) in [4.78, 5) is 25.6. The number of anilines is 2. The Balaban J connectivity index is 1.74. The highest BCUT2D eigenvalue weighted by Gasteiger charge is 2.40. The Labute approximate surface area is 179 Å². The van der Waals surface area contributed by atoms with E-state index >= 15 is 0 Å². The van der Waals surface area contributed by atoms with Crippen LogP contribution in [-0.2, 0) is 15.5 Å². The number of hydrogen-bond acceptors (Lipinski definition) is 4. The predicted molar refractivity (Wildman–Crippen MR) is 116 cm³/mol. The molecule has 1 unspecified atom stereocenters. The van der Waals surface area contributed by atoms with Crippen LogP contribution in [0.1, 0.15) is 40.2 Å². The van der Waals surface area contributed by atoms with Crippen LogP contribution in [0.3, 0.4) is 0 Å². The van der Waals surface area contributed by atoms with E-state index in [-0.39, 0.29) is 16.9 Å². The lowest BCUT2D eigenvalue weighted by atomic mass is 10.0. The van der Waals surface area contributed by atoms with E-state index in [1.165, 1.54) is 24.3 Å². The Morgan fingerprint density at radius 2 is 1.74 bits per heavy atom. The van der Waals surface area contributed by atoms with Crippen molar-refractivity contribution in [3.63, 3.8) is 0 Å². The van der Waals surface area contributed by atoms with E-state index in [2.05, 4.69) is 10.4 Å². The molecule has 1 N–H and O–H groups in total. The first kappa shape index (κ1) is 22.4. The van der Waals surface area contributed by atoms with Crippen LogP contribution in [0, 0.1) is 5.92 Å². The Kier molecular flexibility index (Phi) is 5.85. The van der Waals surface area contributed by atoms with Gasteiger partial charge in [-0.05, 0) is 64.1 Å². The average Bonchev–Trinajstić information content (AvgIpc) is 2.95. The molecule has 164 valence electrons. The highest BCUT2D eigenvalue weighted by atomic mass is 19.3. The summed E-state index contributed by atoms with van der Waals surface area (Å²) in [5.41, 5.74) is 0.407. The van der Waals surface area contributed by atoms with Gasteiger partial charge in [-0.1, -0.05) is 12.1 Å². The fraction of sp³-hybridized carbons (Fsp3) is 0.348. The standard InChI is InChI=1S/C23H25F2N3O3/c1-14-19(20(29)26-16-8-6-7-15(13-16)23(5,24)25)21(30)28(27-14)17-9-11-18(12-10-17)31-22(2,3)4/h6-13,19H,1-5H3,(H,26,29). The lowest BCUT2D eigenvalue weighted by Crippen LogP contribution is -2.36. The topological polar surface area (TPSA) is 71.0 Å². The van der Waals surface area contributed by atoms with E-state index in [0.29, 0.717) is 17.1 Å². The van der Waals surface area contributed by atoms with E-state index in [0.717, 1.165) is 11.9 Å². The fourth-order valence-corrected chi connectivity index (χ4v) is 3.15. The zero-order valence-corrected chi connectivity index (χ0v) is 18.1. The van der Waals surface area contributed by atoms with Crippen molar-refractivity contribution in [3.8, 4) is 5.75 Å². The monoisotopic (exact) mass is 429 g/mol. The maximum absolute atomic E-state index is 13.6. The van der Waals surface area contributed by atoms with Crippen molar-refractivity contribution >= 4 is 28.9 Å². The zero-order chi connectivity index (χ0) is 23.0. The quantitative estimate of drug-likeness (QED) is 0.684. The van der Waals surface area contributed by atoms with Gasteiger partial charge < -0.3 is 10.1 Å². The predicted octanol–water partition coefficient (Wildman–Crippen LogP) is 4.95. The first-order chi connectivity index (χ1) is 14.3. The third-order valence-corrected chi connectivity index (χ3v) is 4.54. The number of hydrazone groups is 1. The molecule has 8 heteroatoms. The van der Waals surface area contributed by atoms with Gasteiger partial charge in [0.1, 0.15) is 11.4 Å². The third kappa shape index (κ3) is 5.25. The van der Waals surface area contributed by atoms with Crippen molar-refractivity contribution in [2.75, 3.05) is 10.3 Å². The second kappa shape index (κ2) is 8.09. The number of halogens is 2. The van der Waals surface area contributed by atoms with Gasteiger partial charge in [-0.2, -0.15) is 10.1 Å². The summed E-state index contributed by atoms with van der Waals surface area (Å²) in [6.45, 7) is 8.15. The Morgan fingerprint density at radius 3 is 2.32 bits per heavy atom. The summed E-state index contributed by atoms with van der Waals surface area (Å²) in [6, 6.07) is 12.2. The third-order valence-electron chi connectivity index (χ3n) is 4.54. The SMILES string of the molecule is CC1=NN(c2ccc(OC(C)(C)C)cc2)C(=O)C1C(=O)Nc1cccc(C(C)(F)F)c1. The van der Waals surface area contributed by atoms with Crippen LogP contribution in [-0.4, -0.2) is 23.1 Å². The maximum Gasteiger partial charge on any atom is 0.270 e. The van der Waals surface area contributed by atoms with Crippen molar-refractivity contribution in [2.45, 2.75) is 46.1 Å². The number of carbonyl (C=O) groups excluding carboxylic acids is 2. The number of nitrogens with zero attached hydrogens (tertiary/aromatic N) is 2. The molecule has 0 aliphatic carbocycles. The first-order valence-corrected chi connectivity index (χ1v) is 9.82. The summed E-state index contributed by atoms with van der Waals surface area (Å²) in [5, 5.41) is 7.93. The molecule has 1 heterocycles. The second-order valence-corrected chi connectivity index (χ2v) is 8.49. The highest BCUT2D eigenvalue weighted by molar-refractivity contribution is 6.28. The molecule has 3 rings (SSSR count). The Bertz CT molecular complexity index is 1020.